The molecule has 0 aliphatic carbocycles. The Bertz CT molecular complexity index is 321. The van der Waals surface area contributed by atoms with E-state index in [1.165, 1.54) is 0 Å². The maximum atomic E-state index is 11.3. The zero-order valence-electron chi connectivity index (χ0n) is 8.93. The third-order valence-corrected chi connectivity index (χ3v) is 1.94. The topological polar surface area (TPSA) is 52.6 Å². The molecule has 0 aliphatic heterocycles. The lowest BCUT2D eigenvalue weighted by Gasteiger charge is -2.02. The molecule has 0 radical (unpaired) electrons. The summed E-state index contributed by atoms with van der Waals surface area (Å²) < 4.78 is 0. The van der Waals surface area contributed by atoms with E-state index < -0.39 is 5.97 Å². The Balaban J connectivity index is 2.14. The summed E-state index contributed by atoms with van der Waals surface area (Å²) in [6, 6.07) is 8.62. The molecule has 86 valence electrons. The molecule has 0 aromatic heterocycles. The van der Waals surface area contributed by atoms with Crippen molar-refractivity contribution in [3.63, 3.8) is 0 Å². The Kier molecular flexibility index (Phi) is 5.88. The maximum Gasteiger partial charge on any atom is 0.373 e. The molecule has 1 aromatic rings. The minimum absolute atomic E-state index is 0.312. The van der Waals surface area contributed by atoms with Gasteiger partial charge < -0.3 is 4.79 Å². The van der Waals surface area contributed by atoms with Crippen molar-refractivity contribution in [1.29, 1.82) is 0 Å². The van der Waals surface area contributed by atoms with Crippen LogP contribution in [0.1, 0.15) is 29.6 Å². The fraction of sp³-hybridized carbons (Fsp3) is 0.333. The molecule has 0 amide bonds. The van der Waals surface area contributed by atoms with Gasteiger partial charge in [-0.05, 0) is 25.0 Å². The van der Waals surface area contributed by atoms with Gasteiger partial charge in [-0.1, -0.05) is 18.2 Å². The maximum absolute atomic E-state index is 11.3. The smallest absolute Gasteiger partial charge is 0.303 e. The lowest BCUT2D eigenvalue weighted by atomic mass is 10.2. The first-order valence-corrected chi connectivity index (χ1v) is 5.17. The summed E-state index contributed by atoms with van der Waals surface area (Å²) in [5.41, 5.74) is 0.454. The monoisotopic (exact) mass is 222 g/mol. The van der Waals surface area contributed by atoms with E-state index in [9.17, 15) is 9.59 Å². The summed E-state index contributed by atoms with van der Waals surface area (Å²) in [6.45, 7) is 0.312. The van der Waals surface area contributed by atoms with E-state index in [0.717, 1.165) is 12.7 Å². The average Bonchev–Trinajstić information content (AvgIpc) is 2.34. The first kappa shape index (κ1) is 12.4. The van der Waals surface area contributed by atoms with Gasteiger partial charge in [-0.2, -0.15) is 4.89 Å². The van der Waals surface area contributed by atoms with Crippen LogP contribution in [0.3, 0.4) is 0 Å². The van der Waals surface area contributed by atoms with Crippen molar-refractivity contribution in [2.45, 2.75) is 19.3 Å². The van der Waals surface area contributed by atoms with E-state index in [0.29, 0.717) is 25.0 Å². The van der Waals surface area contributed by atoms with Gasteiger partial charge in [0.25, 0.3) is 0 Å². The fourth-order valence-corrected chi connectivity index (χ4v) is 1.11. The van der Waals surface area contributed by atoms with Crippen LogP contribution in [0, 0.1) is 0 Å². The zero-order chi connectivity index (χ0) is 11.6. The van der Waals surface area contributed by atoms with E-state index in [1.807, 2.05) is 6.07 Å². The van der Waals surface area contributed by atoms with E-state index in [-0.39, 0.29) is 0 Å². The molecule has 0 heterocycles. The van der Waals surface area contributed by atoms with Crippen molar-refractivity contribution in [2.75, 3.05) is 6.61 Å². The molecule has 4 heteroatoms. The molecule has 1 aromatic carbocycles. The molecule has 0 atom stereocenters. The highest BCUT2D eigenvalue weighted by Gasteiger charge is 2.06. The molecule has 0 spiro atoms. The third-order valence-electron chi connectivity index (χ3n) is 1.94. The molecule has 0 N–H and O–H groups in total. The number of rotatable bonds is 7. The van der Waals surface area contributed by atoms with Crippen LogP contribution in [-0.2, 0) is 14.6 Å². The van der Waals surface area contributed by atoms with Gasteiger partial charge in [-0.25, -0.2) is 4.79 Å². The van der Waals surface area contributed by atoms with Crippen LogP contribution in [0.2, 0.25) is 0 Å². The van der Waals surface area contributed by atoms with Crippen molar-refractivity contribution < 1.29 is 19.4 Å². The molecular formula is C12H14O4. The molecule has 4 nitrogen and oxygen atoms in total. The van der Waals surface area contributed by atoms with Gasteiger partial charge in [0, 0.05) is 6.42 Å². The van der Waals surface area contributed by atoms with Crippen LogP contribution in [0.15, 0.2) is 30.3 Å². The summed E-state index contributed by atoms with van der Waals surface area (Å²) in [6.07, 6.45) is 2.80. The predicted octanol–water partition coefficient (Wildman–Crippen LogP) is 2.14. The molecule has 0 unspecified atom stereocenters. The minimum Gasteiger partial charge on any atom is -0.303 e. The van der Waals surface area contributed by atoms with Crippen molar-refractivity contribution in [1.82, 2.24) is 0 Å². The first-order chi connectivity index (χ1) is 7.84. The number of benzene rings is 1. The third kappa shape index (κ3) is 4.70. The summed E-state index contributed by atoms with van der Waals surface area (Å²) in [5, 5.41) is 0. The largest absolute Gasteiger partial charge is 0.373 e. The number of hydrogen-bond acceptors (Lipinski definition) is 4. The predicted molar refractivity (Wildman–Crippen MR) is 57.7 cm³/mol. The van der Waals surface area contributed by atoms with Crippen LogP contribution < -0.4 is 0 Å². The Labute approximate surface area is 94.1 Å². The molecule has 0 saturated heterocycles. The van der Waals surface area contributed by atoms with Crippen LogP contribution in [0.25, 0.3) is 0 Å². The molecule has 0 saturated carbocycles. The van der Waals surface area contributed by atoms with Crippen molar-refractivity contribution in [2.24, 2.45) is 0 Å². The van der Waals surface area contributed by atoms with Crippen LogP contribution in [-0.4, -0.2) is 18.9 Å². The number of unbranched alkanes of at least 4 members (excludes halogenated alkanes) is 2. The second-order valence-corrected chi connectivity index (χ2v) is 3.22. The van der Waals surface area contributed by atoms with Gasteiger partial charge in [-0.3, -0.25) is 4.89 Å². The standard InChI is InChI=1S/C12H14O4/c13-9-5-2-6-10-15-16-12(14)11-7-3-1-4-8-11/h1,3-4,7-9H,2,5-6,10H2. The number of carbonyl (C=O) groups excluding carboxylic acids is 2. The van der Waals surface area contributed by atoms with Gasteiger partial charge in [0.2, 0.25) is 0 Å². The summed E-state index contributed by atoms with van der Waals surface area (Å²) in [4.78, 5) is 30.6. The van der Waals surface area contributed by atoms with E-state index in [4.69, 9.17) is 4.89 Å². The minimum atomic E-state index is -0.504. The van der Waals surface area contributed by atoms with Gasteiger partial charge >= 0.3 is 5.97 Å². The summed E-state index contributed by atoms with van der Waals surface area (Å²) in [5.74, 6) is -0.504. The Morgan fingerprint density at radius 2 is 1.94 bits per heavy atom. The van der Waals surface area contributed by atoms with Crippen LogP contribution in [0.5, 0.6) is 0 Å². The first-order valence-electron chi connectivity index (χ1n) is 5.17. The molecule has 0 fully saturated rings. The van der Waals surface area contributed by atoms with Crippen molar-refractivity contribution in [3.05, 3.63) is 35.9 Å². The van der Waals surface area contributed by atoms with E-state index >= 15 is 0 Å². The fourth-order valence-electron chi connectivity index (χ4n) is 1.11. The number of aldehydes is 1. The Morgan fingerprint density at radius 3 is 2.62 bits per heavy atom. The number of carbonyl (C=O) groups is 2. The number of hydrogen-bond donors (Lipinski definition) is 0. The lowest BCUT2D eigenvalue weighted by Crippen LogP contribution is -2.06. The lowest BCUT2D eigenvalue weighted by molar-refractivity contribution is -0.241. The SMILES string of the molecule is O=CCCCCOOC(=O)c1ccccc1. The average molecular weight is 222 g/mol. The van der Waals surface area contributed by atoms with Crippen molar-refractivity contribution in [3.8, 4) is 0 Å². The van der Waals surface area contributed by atoms with Crippen molar-refractivity contribution >= 4 is 12.3 Å². The molecule has 0 aliphatic rings. The highest BCUT2D eigenvalue weighted by molar-refractivity contribution is 5.88. The van der Waals surface area contributed by atoms with Gasteiger partial charge in [0.1, 0.15) is 6.29 Å². The van der Waals surface area contributed by atoms with Crippen LogP contribution in [0.4, 0.5) is 0 Å². The van der Waals surface area contributed by atoms with Gasteiger partial charge in [0.15, 0.2) is 0 Å². The van der Waals surface area contributed by atoms with Gasteiger partial charge in [-0.15, -0.1) is 0 Å². The highest BCUT2D eigenvalue weighted by Crippen LogP contribution is 2.02. The van der Waals surface area contributed by atoms with E-state index in [2.05, 4.69) is 4.89 Å². The zero-order valence-corrected chi connectivity index (χ0v) is 8.93. The summed E-state index contributed by atoms with van der Waals surface area (Å²) >= 11 is 0. The second kappa shape index (κ2) is 7.59. The molecule has 0 bridgehead atoms. The molecular weight excluding hydrogens is 208 g/mol. The molecule has 1 rings (SSSR count). The molecule has 16 heavy (non-hydrogen) atoms. The Hall–Kier alpha value is -1.68. The quantitative estimate of drug-likeness (QED) is 0.307. The van der Waals surface area contributed by atoms with Crippen LogP contribution >= 0.6 is 0 Å². The normalized spacial score (nSPS) is 9.75. The Morgan fingerprint density at radius 1 is 1.19 bits per heavy atom. The summed E-state index contributed by atoms with van der Waals surface area (Å²) in [7, 11) is 0. The van der Waals surface area contributed by atoms with E-state index in [1.54, 1.807) is 24.3 Å². The second-order valence-electron chi connectivity index (χ2n) is 3.22. The highest BCUT2D eigenvalue weighted by atomic mass is 17.2. The van der Waals surface area contributed by atoms with Gasteiger partial charge in [0.05, 0.1) is 12.2 Å².